The number of halogens is 3. The Morgan fingerprint density at radius 1 is 1.13 bits per heavy atom. The summed E-state index contributed by atoms with van der Waals surface area (Å²) >= 11 is 0.639. The Hall–Kier alpha value is -4.24. The average Bonchev–Trinajstić information content (AvgIpc) is 3.69. The Bertz CT molecular complexity index is 1600. The molecular weight excluding hydrogens is 523 g/mol. The van der Waals surface area contributed by atoms with Crippen LogP contribution in [0.5, 0.6) is 0 Å². The third kappa shape index (κ3) is 4.50. The number of carbonyl (C=O) groups is 1. The monoisotopic (exact) mass is 541 g/mol. The van der Waals surface area contributed by atoms with E-state index in [1.54, 1.807) is 12.3 Å². The van der Waals surface area contributed by atoms with Crippen LogP contribution in [0, 0.1) is 5.82 Å². The highest BCUT2D eigenvalue weighted by molar-refractivity contribution is 7.13. The molecule has 5 aromatic rings. The standard InChI is InChI=1S/C23H18F3N9O2S/c24-14-2-1-3-27-19(14)21-33-15-8-28-18(35-30-4-5-31-35)7-16(15)34(21)13-6-12(10-37-11-13)32-22(36)23-29-9-17(38-23)20(25)26/h1-5,7-9,12-13,20H,6,10-11H2,(H,32,36). The number of carbonyl (C=O) groups excluding carboxylic acids is 1. The average molecular weight is 542 g/mol. The topological polar surface area (TPSA) is 126 Å². The predicted molar refractivity (Wildman–Crippen MR) is 128 cm³/mol. The number of pyridine rings is 2. The SMILES string of the molecule is O=C(NC1COCC(n2c(-c3ncccc3F)nc3cnc(-n4nccn4)cc32)C1)c1ncc(C(F)F)s1. The van der Waals surface area contributed by atoms with Crippen LogP contribution in [0.1, 0.15) is 33.6 Å². The van der Waals surface area contributed by atoms with Crippen molar-refractivity contribution in [3.05, 3.63) is 64.9 Å². The Balaban J connectivity index is 1.36. The molecule has 2 unspecified atom stereocenters. The van der Waals surface area contributed by atoms with E-state index >= 15 is 0 Å². The Morgan fingerprint density at radius 3 is 2.74 bits per heavy atom. The van der Waals surface area contributed by atoms with Crippen molar-refractivity contribution < 1.29 is 22.7 Å². The summed E-state index contributed by atoms with van der Waals surface area (Å²) in [5, 5.41) is 11.0. The minimum absolute atomic E-state index is 0.0518. The van der Waals surface area contributed by atoms with Gasteiger partial charge in [0.05, 0.1) is 54.3 Å². The highest BCUT2D eigenvalue weighted by atomic mass is 32.1. The lowest BCUT2D eigenvalue weighted by Gasteiger charge is -2.31. The lowest BCUT2D eigenvalue weighted by atomic mass is 10.0. The van der Waals surface area contributed by atoms with Crippen LogP contribution in [-0.2, 0) is 4.74 Å². The fourth-order valence-electron chi connectivity index (χ4n) is 4.35. The number of nitrogens with zero attached hydrogens (tertiary/aromatic N) is 8. The molecule has 6 rings (SSSR count). The van der Waals surface area contributed by atoms with Crippen molar-refractivity contribution >= 4 is 28.3 Å². The summed E-state index contributed by atoms with van der Waals surface area (Å²) in [5.74, 6) is -0.422. The molecule has 1 N–H and O–H groups in total. The van der Waals surface area contributed by atoms with Crippen LogP contribution in [0.25, 0.3) is 28.4 Å². The number of imidazole rings is 1. The number of thiazole rings is 1. The molecule has 0 aromatic carbocycles. The van der Waals surface area contributed by atoms with Crippen LogP contribution in [0.4, 0.5) is 13.2 Å². The van der Waals surface area contributed by atoms with Gasteiger partial charge in [-0.2, -0.15) is 10.2 Å². The fraction of sp³-hybridized carbons (Fsp3) is 0.261. The minimum atomic E-state index is -2.70. The van der Waals surface area contributed by atoms with Gasteiger partial charge in [-0.1, -0.05) is 0 Å². The number of nitrogens with one attached hydrogen (secondary N) is 1. The Morgan fingerprint density at radius 2 is 1.97 bits per heavy atom. The van der Waals surface area contributed by atoms with E-state index in [0.29, 0.717) is 34.6 Å². The van der Waals surface area contributed by atoms with E-state index in [4.69, 9.17) is 4.74 Å². The van der Waals surface area contributed by atoms with Crippen LogP contribution >= 0.6 is 11.3 Å². The van der Waals surface area contributed by atoms with Gasteiger partial charge in [-0.05, 0) is 18.6 Å². The highest BCUT2D eigenvalue weighted by Gasteiger charge is 2.31. The molecule has 1 amide bonds. The van der Waals surface area contributed by atoms with E-state index in [1.165, 1.54) is 35.5 Å². The number of fused-ring (bicyclic) bond motifs is 1. The van der Waals surface area contributed by atoms with Crippen molar-refractivity contribution in [2.45, 2.75) is 24.9 Å². The maximum Gasteiger partial charge on any atom is 0.280 e. The second-order valence-corrected chi connectivity index (χ2v) is 9.52. The van der Waals surface area contributed by atoms with E-state index in [2.05, 4.69) is 35.5 Å². The molecule has 0 spiro atoms. The predicted octanol–water partition coefficient (Wildman–Crippen LogP) is 3.37. The number of ether oxygens (including phenoxy) is 1. The molecule has 0 aliphatic carbocycles. The van der Waals surface area contributed by atoms with E-state index in [1.807, 2.05) is 4.57 Å². The van der Waals surface area contributed by atoms with Gasteiger partial charge in [0.25, 0.3) is 12.3 Å². The number of hydrogen-bond donors (Lipinski definition) is 1. The number of alkyl halides is 2. The van der Waals surface area contributed by atoms with Gasteiger partial charge in [-0.3, -0.25) is 4.79 Å². The molecule has 5 aromatic heterocycles. The number of hydrogen-bond acceptors (Lipinski definition) is 9. The zero-order chi connectivity index (χ0) is 26.2. The second kappa shape index (κ2) is 9.90. The zero-order valence-electron chi connectivity index (χ0n) is 19.4. The van der Waals surface area contributed by atoms with Gasteiger partial charge in [-0.15, -0.1) is 16.1 Å². The first-order valence-corrected chi connectivity index (χ1v) is 12.3. The van der Waals surface area contributed by atoms with Gasteiger partial charge in [0.15, 0.2) is 22.5 Å². The third-order valence-corrected chi connectivity index (χ3v) is 6.98. The van der Waals surface area contributed by atoms with Crippen LogP contribution < -0.4 is 5.32 Å². The minimum Gasteiger partial charge on any atom is -0.377 e. The third-order valence-electron chi connectivity index (χ3n) is 5.97. The molecule has 0 saturated carbocycles. The molecule has 1 aliphatic heterocycles. The molecule has 1 fully saturated rings. The Labute approximate surface area is 216 Å². The van der Waals surface area contributed by atoms with Gasteiger partial charge in [-0.25, -0.2) is 33.1 Å². The summed E-state index contributed by atoms with van der Waals surface area (Å²) in [6.07, 6.45) is 4.74. The van der Waals surface area contributed by atoms with E-state index < -0.39 is 24.2 Å². The van der Waals surface area contributed by atoms with Gasteiger partial charge < -0.3 is 14.6 Å². The molecule has 0 bridgehead atoms. The molecule has 15 heteroatoms. The van der Waals surface area contributed by atoms with Gasteiger partial charge in [0.2, 0.25) is 0 Å². The van der Waals surface area contributed by atoms with E-state index in [9.17, 15) is 18.0 Å². The molecule has 6 heterocycles. The largest absolute Gasteiger partial charge is 0.377 e. The first kappa shape index (κ1) is 24.1. The van der Waals surface area contributed by atoms with Crippen molar-refractivity contribution in [1.29, 1.82) is 0 Å². The quantitative estimate of drug-likeness (QED) is 0.347. The Kier molecular flexibility index (Phi) is 6.29. The second-order valence-electron chi connectivity index (χ2n) is 8.45. The summed E-state index contributed by atoms with van der Waals surface area (Å²) < 4.78 is 48.3. The van der Waals surface area contributed by atoms with Crippen molar-refractivity contribution in [2.24, 2.45) is 0 Å². The summed E-state index contributed by atoms with van der Waals surface area (Å²) in [4.78, 5) is 30.8. The highest BCUT2D eigenvalue weighted by Crippen LogP contribution is 2.33. The van der Waals surface area contributed by atoms with Gasteiger partial charge in [0, 0.05) is 18.5 Å². The van der Waals surface area contributed by atoms with Crippen LogP contribution in [-0.4, -0.2) is 64.7 Å². The molecular formula is C23H18F3N9O2S. The van der Waals surface area contributed by atoms with Crippen LogP contribution in [0.2, 0.25) is 0 Å². The summed E-state index contributed by atoms with van der Waals surface area (Å²) in [7, 11) is 0. The number of rotatable bonds is 6. The smallest absolute Gasteiger partial charge is 0.280 e. The summed E-state index contributed by atoms with van der Waals surface area (Å²) in [5.41, 5.74) is 1.17. The van der Waals surface area contributed by atoms with Crippen LogP contribution in [0.15, 0.2) is 49.2 Å². The van der Waals surface area contributed by atoms with Crippen molar-refractivity contribution in [1.82, 2.24) is 44.8 Å². The lowest BCUT2D eigenvalue weighted by molar-refractivity contribution is 0.0350. The van der Waals surface area contributed by atoms with Crippen molar-refractivity contribution in [3.63, 3.8) is 0 Å². The fourth-order valence-corrected chi connectivity index (χ4v) is 5.02. The molecule has 38 heavy (non-hydrogen) atoms. The van der Waals surface area contributed by atoms with E-state index in [-0.39, 0.29) is 40.7 Å². The maximum atomic E-state index is 14.8. The molecule has 11 nitrogen and oxygen atoms in total. The number of amides is 1. The molecule has 0 radical (unpaired) electrons. The first-order valence-electron chi connectivity index (χ1n) is 11.5. The summed E-state index contributed by atoms with van der Waals surface area (Å²) in [6, 6.07) is 3.67. The normalized spacial score (nSPS) is 17.8. The van der Waals surface area contributed by atoms with Crippen molar-refractivity contribution in [3.8, 4) is 17.3 Å². The zero-order valence-corrected chi connectivity index (χ0v) is 20.2. The lowest BCUT2D eigenvalue weighted by Crippen LogP contribution is -2.44. The molecule has 194 valence electrons. The van der Waals surface area contributed by atoms with Crippen LogP contribution in [0.3, 0.4) is 0 Å². The molecule has 1 saturated heterocycles. The van der Waals surface area contributed by atoms with E-state index in [0.717, 1.165) is 6.20 Å². The first-order chi connectivity index (χ1) is 18.5. The maximum absolute atomic E-state index is 14.8. The van der Waals surface area contributed by atoms with Gasteiger partial charge >= 0.3 is 0 Å². The van der Waals surface area contributed by atoms with Gasteiger partial charge in [0.1, 0.15) is 11.2 Å². The summed E-state index contributed by atoms with van der Waals surface area (Å²) in [6.45, 7) is 0.461. The molecule has 1 aliphatic rings. The van der Waals surface area contributed by atoms with Crippen molar-refractivity contribution in [2.75, 3.05) is 13.2 Å². The molecule has 2 atom stereocenters. The number of aromatic nitrogens is 8.